The summed E-state index contributed by atoms with van der Waals surface area (Å²) in [5.74, 6) is 0.962. The lowest BCUT2D eigenvalue weighted by atomic mass is 10.0. The Morgan fingerprint density at radius 2 is 1.24 bits per heavy atom. The largest absolute Gasteiger partial charge is 0.453 e. The van der Waals surface area contributed by atoms with E-state index in [9.17, 15) is 19.2 Å². The van der Waals surface area contributed by atoms with Crippen LogP contribution in [0.4, 0.5) is 9.59 Å². The summed E-state index contributed by atoms with van der Waals surface area (Å²) in [6.07, 6.45) is 6.44. The van der Waals surface area contributed by atoms with Gasteiger partial charge in [0, 0.05) is 41.5 Å². The van der Waals surface area contributed by atoms with E-state index in [2.05, 4.69) is 62.0 Å². The first-order valence-electron chi connectivity index (χ1n) is 20.1. The van der Waals surface area contributed by atoms with E-state index in [1.54, 1.807) is 0 Å². The highest BCUT2D eigenvalue weighted by molar-refractivity contribution is 5.97. The number of aromatic nitrogens is 5. The maximum absolute atomic E-state index is 13.7. The lowest BCUT2D eigenvalue weighted by Gasteiger charge is -2.30. The van der Waals surface area contributed by atoms with Crippen LogP contribution in [0.3, 0.4) is 0 Å². The molecular formula is C43H51N9O6. The Morgan fingerprint density at radius 1 is 0.724 bits per heavy atom. The average molecular weight is 790 g/mol. The molecule has 3 aromatic heterocycles. The van der Waals surface area contributed by atoms with Crippen molar-refractivity contribution in [3.63, 3.8) is 0 Å². The van der Waals surface area contributed by atoms with E-state index < -0.39 is 24.3 Å². The number of nitrogens with zero attached hydrogens (tertiary/aromatic N) is 4. The summed E-state index contributed by atoms with van der Waals surface area (Å²) in [5.41, 5.74) is 9.55. The van der Waals surface area contributed by atoms with Crippen LogP contribution >= 0.6 is 0 Å². The molecule has 5 aromatic rings. The Balaban J connectivity index is 0.989. The summed E-state index contributed by atoms with van der Waals surface area (Å²) in [7, 11) is 2.59. The number of likely N-dealkylation sites (tertiary alicyclic amines) is 2. The Kier molecular flexibility index (Phi) is 10.5. The van der Waals surface area contributed by atoms with Gasteiger partial charge in [0.05, 0.1) is 55.8 Å². The Bertz CT molecular complexity index is 2380. The first kappa shape index (κ1) is 38.7. The van der Waals surface area contributed by atoms with Crippen molar-refractivity contribution in [2.24, 2.45) is 11.8 Å². The quantitative estimate of drug-likeness (QED) is 0.102. The zero-order chi connectivity index (χ0) is 40.8. The van der Waals surface area contributed by atoms with E-state index in [1.807, 2.05) is 49.9 Å². The zero-order valence-electron chi connectivity index (χ0n) is 33.8. The molecule has 2 aliphatic heterocycles. The van der Waals surface area contributed by atoms with Gasteiger partial charge < -0.3 is 44.9 Å². The van der Waals surface area contributed by atoms with Gasteiger partial charge in [-0.25, -0.2) is 19.6 Å². The maximum Gasteiger partial charge on any atom is 0.407 e. The van der Waals surface area contributed by atoms with Gasteiger partial charge in [0.2, 0.25) is 11.8 Å². The van der Waals surface area contributed by atoms with Crippen LogP contribution < -0.4 is 10.6 Å². The van der Waals surface area contributed by atoms with Gasteiger partial charge in [0.25, 0.3) is 0 Å². The molecule has 8 rings (SSSR count). The molecule has 1 aliphatic carbocycles. The number of amides is 4. The van der Waals surface area contributed by atoms with E-state index in [1.165, 1.54) is 25.3 Å². The number of imidazole rings is 2. The fourth-order valence-electron chi connectivity index (χ4n) is 8.86. The molecule has 304 valence electrons. The molecular weight excluding hydrogens is 739 g/mol. The second-order valence-electron chi connectivity index (χ2n) is 16.2. The van der Waals surface area contributed by atoms with Crippen LogP contribution in [0.15, 0.2) is 48.8 Å². The third-order valence-electron chi connectivity index (χ3n) is 11.9. The minimum Gasteiger partial charge on any atom is -0.453 e. The van der Waals surface area contributed by atoms with Crippen LogP contribution in [0, 0.1) is 11.8 Å². The molecule has 58 heavy (non-hydrogen) atoms. The molecule has 2 saturated heterocycles. The van der Waals surface area contributed by atoms with Crippen LogP contribution in [0.25, 0.3) is 44.7 Å². The highest BCUT2D eigenvalue weighted by atomic mass is 16.5. The van der Waals surface area contributed by atoms with Crippen molar-refractivity contribution in [1.29, 1.82) is 0 Å². The fraction of sp³-hybridized carbons (Fsp3) is 0.442. The molecule has 0 radical (unpaired) electrons. The number of carbonyl (C=O) groups excluding carboxylic acids is 4. The summed E-state index contributed by atoms with van der Waals surface area (Å²) < 4.78 is 9.56. The Morgan fingerprint density at radius 3 is 1.76 bits per heavy atom. The summed E-state index contributed by atoms with van der Waals surface area (Å²) in [4.78, 5) is 75.2. The molecule has 15 heteroatoms. The number of fused-ring (bicyclic) bond motifs is 5. The average Bonchev–Trinajstić information content (AvgIpc) is 4.07. The van der Waals surface area contributed by atoms with Gasteiger partial charge in [-0.1, -0.05) is 45.9 Å². The standard InChI is InChI=1S/C43H51N9O6/c1-22(2)35(49-42(55)57-5)40(53)51-15-7-9-33(51)38-44-20-31(47-38)24-11-13-27-26(17-24)19-29-28-18-25(12-14-30(28)46-37(27)29)32-21-45-39(48-32)34-10-8-16-52(34)41(54)36(23(3)4)50-43(56)58-6/h11-14,17-18,20-23,33-36,46H,7-10,15-16,19H2,1-6H3,(H,44,47)(H,45,48)(H,49,55)(H,50,56)/t33-,34-,35-,36-/m0/s1. The van der Waals surface area contributed by atoms with Crippen molar-refractivity contribution < 1.29 is 28.7 Å². The number of H-pyrrole nitrogens is 3. The fourth-order valence-corrected chi connectivity index (χ4v) is 8.86. The van der Waals surface area contributed by atoms with Crippen LogP contribution in [-0.2, 0) is 25.5 Å². The lowest BCUT2D eigenvalue weighted by molar-refractivity contribution is -0.136. The van der Waals surface area contributed by atoms with Crippen LogP contribution in [0.2, 0.25) is 0 Å². The van der Waals surface area contributed by atoms with Crippen molar-refractivity contribution >= 4 is 34.9 Å². The van der Waals surface area contributed by atoms with Crippen LogP contribution in [0.1, 0.15) is 88.2 Å². The van der Waals surface area contributed by atoms with Gasteiger partial charge in [-0.2, -0.15) is 0 Å². The first-order valence-corrected chi connectivity index (χ1v) is 20.1. The summed E-state index contributed by atoms with van der Waals surface area (Å²) in [6.45, 7) is 8.81. The number of ether oxygens (including phenoxy) is 2. The molecule has 0 saturated carbocycles. The molecule has 15 nitrogen and oxygen atoms in total. The summed E-state index contributed by atoms with van der Waals surface area (Å²) in [5, 5.41) is 6.56. The Hall–Kier alpha value is -6.12. The monoisotopic (exact) mass is 789 g/mol. The summed E-state index contributed by atoms with van der Waals surface area (Å²) in [6, 6.07) is 11.0. The summed E-state index contributed by atoms with van der Waals surface area (Å²) >= 11 is 0. The number of methoxy groups -OCH3 is 2. The molecule has 3 aliphatic rings. The van der Waals surface area contributed by atoms with Crippen molar-refractivity contribution in [1.82, 2.24) is 45.4 Å². The highest BCUT2D eigenvalue weighted by Gasteiger charge is 2.39. The van der Waals surface area contributed by atoms with E-state index in [0.29, 0.717) is 13.1 Å². The lowest BCUT2D eigenvalue weighted by Crippen LogP contribution is -2.51. The van der Waals surface area contributed by atoms with Gasteiger partial charge in [-0.3, -0.25) is 9.59 Å². The minimum atomic E-state index is -0.695. The number of aromatic amines is 3. The number of hydrogen-bond acceptors (Lipinski definition) is 8. The number of nitrogens with one attached hydrogen (secondary N) is 5. The van der Waals surface area contributed by atoms with Gasteiger partial charge in [0.1, 0.15) is 23.7 Å². The molecule has 5 N–H and O–H groups in total. The molecule has 4 amide bonds. The van der Waals surface area contributed by atoms with E-state index in [-0.39, 0.29) is 35.7 Å². The van der Waals surface area contributed by atoms with E-state index in [0.717, 1.165) is 88.4 Å². The third-order valence-corrected chi connectivity index (χ3v) is 11.9. The highest BCUT2D eigenvalue weighted by Crippen LogP contribution is 2.43. The Labute approximate surface area is 336 Å². The van der Waals surface area contributed by atoms with Crippen molar-refractivity contribution in [3.05, 3.63) is 71.6 Å². The topological polar surface area (TPSA) is 190 Å². The molecule has 2 fully saturated rings. The number of benzene rings is 2. The van der Waals surface area contributed by atoms with Crippen LogP contribution in [-0.4, -0.2) is 98.1 Å². The second kappa shape index (κ2) is 15.7. The number of alkyl carbamates (subject to hydrolysis) is 2. The van der Waals surface area contributed by atoms with Crippen molar-refractivity contribution in [3.8, 4) is 33.8 Å². The predicted octanol–water partition coefficient (Wildman–Crippen LogP) is 6.61. The SMILES string of the molecule is COC(=O)N[C@H](C(=O)N1CCC[C@H]1c1ncc(-c2ccc3c(c2)Cc2c-3[nH]c3ccc(-c4cnc([C@@H]5CCCN5C(=O)[C@@H](NC(=O)OC)C(C)C)[nH]4)cc23)[nH]1)C(C)C. The second-order valence-corrected chi connectivity index (χ2v) is 16.2. The van der Waals surface area contributed by atoms with Crippen molar-refractivity contribution in [2.45, 2.75) is 84.0 Å². The van der Waals surface area contributed by atoms with Crippen molar-refractivity contribution in [2.75, 3.05) is 27.3 Å². The number of hydrogen-bond donors (Lipinski definition) is 5. The zero-order valence-corrected chi connectivity index (χ0v) is 33.8. The van der Waals surface area contributed by atoms with Gasteiger partial charge in [0.15, 0.2) is 0 Å². The molecule has 4 atom stereocenters. The maximum atomic E-state index is 13.7. The molecule has 2 aromatic carbocycles. The number of rotatable bonds is 10. The molecule has 0 bridgehead atoms. The van der Waals surface area contributed by atoms with Gasteiger partial charge >= 0.3 is 12.2 Å². The van der Waals surface area contributed by atoms with E-state index >= 15 is 0 Å². The molecule has 0 unspecified atom stereocenters. The first-order chi connectivity index (χ1) is 27.9. The predicted molar refractivity (Wildman–Crippen MR) is 217 cm³/mol. The third kappa shape index (κ3) is 7.06. The smallest absolute Gasteiger partial charge is 0.407 e. The molecule has 0 spiro atoms. The normalized spacial score (nSPS) is 18.4. The minimum absolute atomic E-state index is 0.109. The van der Waals surface area contributed by atoms with Crippen LogP contribution in [0.5, 0.6) is 0 Å². The van der Waals surface area contributed by atoms with Gasteiger partial charge in [-0.15, -0.1) is 0 Å². The molecule has 5 heterocycles. The number of carbonyl (C=O) groups is 4. The van der Waals surface area contributed by atoms with E-state index in [4.69, 9.17) is 19.4 Å². The van der Waals surface area contributed by atoms with Gasteiger partial charge in [-0.05, 0) is 72.4 Å².